The topological polar surface area (TPSA) is 104 Å². The van der Waals surface area contributed by atoms with E-state index in [4.69, 9.17) is 14.5 Å². The van der Waals surface area contributed by atoms with E-state index < -0.39 is 0 Å². The lowest BCUT2D eigenvalue weighted by Gasteiger charge is -2.36. The minimum atomic E-state index is -0.174. The van der Waals surface area contributed by atoms with Gasteiger partial charge in [-0.05, 0) is 39.5 Å². The first-order valence-corrected chi connectivity index (χ1v) is 10.9. The van der Waals surface area contributed by atoms with Crippen LogP contribution in [0.1, 0.15) is 66.3 Å². The number of likely N-dealkylation sites (tertiary alicyclic amines) is 1. The maximum absolute atomic E-state index is 13.3. The molecule has 0 spiro atoms. The predicted molar refractivity (Wildman–Crippen MR) is 114 cm³/mol. The molecule has 1 N–H and O–H groups in total. The summed E-state index contributed by atoms with van der Waals surface area (Å²) in [6.07, 6.45) is 3.80. The fourth-order valence-corrected chi connectivity index (χ4v) is 4.58. The van der Waals surface area contributed by atoms with Gasteiger partial charge < -0.3 is 19.6 Å². The summed E-state index contributed by atoms with van der Waals surface area (Å²) in [6.45, 7) is 7.12. The van der Waals surface area contributed by atoms with Gasteiger partial charge in [0.2, 0.25) is 11.8 Å². The summed E-state index contributed by atoms with van der Waals surface area (Å²) < 4.78 is 5.23. The van der Waals surface area contributed by atoms with E-state index >= 15 is 0 Å². The Morgan fingerprint density at radius 3 is 2.68 bits per heavy atom. The molecule has 2 aliphatic heterocycles. The summed E-state index contributed by atoms with van der Waals surface area (Å²) in [5.41, 5.74) is 3.55. The molecule has 4 rings (SSSR count). The molecule has 2 aromatic heterocycles. The Kier molecular flexibility index (Phi) is 5.93. The third-order valence-electron chi connectivity index (χ3n) is 6.39. The van der Waals surface area contributed by atoms with Crippen molar-refractivity contribution in [2.24, 2.45) is 0 Å². The molecule has 9 nitrogen and oxygen atoms in total. The second kappa shape index (κ2) is 8.64. The van der Waals surface area contributed by atoms with Crippen LogP contribution in [0.2, 0.25) is 0 Å². The standard InChI is InChI=1S/C22H30N6O3/c1-13-17(14(2)31-26-13)11-20(30)28-9-6-5-7-19(28)22-24-18-12-27(15(3)29)10-8-16(18)21(23-4)25-22/h19H,5-12H2,1-4H3,(H,23,24,25)/t19-/m1/s1. The van der Waals surface area contributed by atoms with Crippen LogP contribution < -0.4 is 5.32 Å². The van der Waals surface area contributed by atoms with Crippen LogP contribution in [0.4, 0.5) is 5.82 Å². The van der Waals surface area contributed by atoms with Crippen LogP contribution in [0.3, 0.4) is 0 Å². The van der Waals surface area contributed by atoms with E-state index in [1.54, 1.807) is 11.8 Å². The minimum Gasteiger partial charge on any atom is -0.373 e. The molecule has 166 valence electrons. The van der Waals surface area contributed by atoms with Gasteiger partial charge in [0.25, 0.3) is 0 Å². The van der Waals surface area contributed by atoms with Crippen LogP contribution in [-0.2, 0) is 29.0 Å². The molecule has 1 saturated heterocycles. The van der Waals surface area contributed by atoms with Crippen LogP contribution in [0.25, 0.3) is 0 Å². The smallest absolute Gasteiger partial charge is 0.227 e. The summed E-state index contributed by atoms with van der Waals surface area (Å²) in [4.78, 5) is 38.6. The van der Waals surface area contributed by atoms with E-state index in [-0.39, 0.29) is 24.3 Å². The highest BCUT2D eigenvalue weighted by Gasteiger charge is 2.33. The van der Waals surface area contributed by atoms with Crippen molar-refractivity contribution in [2.45, 2.75) is 65.5 Å². The average molecular weight is 427 g/mol. The molecule has 2 aliphatic rings. The Bertz CT molecular complexity index is 982. The fraction of sp³-hybridized carbons (Fsp3) is 0.591. The van der Waals surface area contributed by atoms with Crippen LogP contribution in [-0.4, -0.2) is 56.9 Å². The van der Waals surface area contributed by atoms with Gasteiger partial charge >= 0.3 is 0 Å². The molecular formula is C22H30N6O3. The second-order valence-electron chi connectivity index (χ2n) is 8.37. The first kappa shape index (κ1) is 21.3. The summed E-state index contributed by atoms with van der Waals surface area (Å²) in [5.74, 6) is 2.22. The summed E-state index contributed by atoms with van der Waals surface area (Å²) in [5, 5.41) is 7.17. The van der Waals surface area contributed by atoms with Crippen molar-refractivity contribution in [3.05, 3.63) is 34.1 Å². The number of fused-ring (bicyclic) bond motifs is 1. The average Bonchev–Trinajstić information content (AvgIpc) is 3.09. The van der Waals surface area contributed by atoms with Gasteiger partial charge in [0, 0.05) is 38.2 Å². The Morgan fingerprint density at radius 2 is 2.00 bits per heavy atom. The highest BCUT2D eigenvalue weighted by molar-refractivity contribution is 5.79. The van der Waals surface area contributed by atoms with Crippen LogP contribution in [0.5, 0.6) is 0 Å². The Morgan fingerprint density at radius 1 is 1.19 bits per heavy atom. The molecule has 0 aliphatic carbocycles. The van der Waals surface area contributed by atoms with Gasteiger partial charge in [-0.1, -0.05) is 5.16 Å². The van der Waals surface area contributed by atoms with Gasteiger partial charge in [-0.2, -0.15) is 0 Å². The van der Waals surface area contributed by atoms with Crippen molar-refractivity contribution in [1.82, 2.24) is 24.9 Å². The maximum atomic E-state index is 13.3. The molecule has 2 amide bonds. The van der Waals surface area contributed by atoms with Crippen molar-refractivity contribution < 1.29 is 14.1 Å². The number of aromatic nitrogens is 3. The minimum absolute atomic E-state index is 0.0387. The van der Waals surface area contributed by atoms with E-state index in [2.05, 4.69) is 10.5 Å². The quantitative estimate of drug-likeness (QED) is 0.800. The lowest BCUT2D eigenvalue weighted by molar-refractivity contribution is -0.134. The molecule has 0 unspecified atom stereocenters. The van der Waals surface area contributed by atoms with Gasteiger partial charge in [0.1, 0.15) is 11.6 Å². The first-order chi connectivity index (χ1) is 14.9. The largest absolute Gasteiger partial charge is 0.373 e. The number of hydrogen-bond acceptors (Lipinski definition) is 7. The number of carbonyl (C=O) groups excluding carboxylic acids is 2. The van der Waals surface area contributed by atoms with Gasteiger partial charge in [-0.15, -0.1) is 0 Å². The molecule has 1 atom stereocenters. The number of nitrogens with zero attached hydrogens (tertiary/aromatic N) is 5. The second-order valence-corrected chi connectivity index (χ2v) is 8.37. The van der Waals surface area contributed by atoms with Crippen molar-refractivity contribution in [1.29, 1.82) is 0 Å². The lowest BCUT2D eigenvalue weighted by Crippen LogP contribution is -2.41. The zero-order valence-corrected chi connectivity index (χ0v) is 18.7. The molecule has 4 heterocycles. The molecule has 0 saturated carbocycles. The summed E-state index contributed by atoms with van der Waals surface area (Å²) in [7, 11) is 1.85. The van der Waals surface area contributed by atoms with Gasteiger partial charge in [-0.3, -0.25) is 9.59 Å². The highest BCUT2D eigenvalue weighted by Crippen LogP contribution is 2.33. The zero-order valence-electron chi connectivity index (χ0n) is 18.7. The number of amides is 2. The number of aryl methyl sites for hydroxylation is 2. The SMILES string of the molecule is CNc1nc([C@H]2CCCCN2C(=O)Cc2c(C)noc2C)nc2c1CCN(C(C)=O)C2. The molecule has 2 aromatic rings. The number of piperidine rings is 1. The Hall–Kier alpha value is -2.97. The van der Waals surface area contributed by atoms with Crippen molar-refractivity contribution in [3.8, 4) is 0 Å². The van der Waals surface area contributed by atoms with Crippen molar-refractivity contribution in [2.75, 3.05) is 25.5 Å². The number of hydrogen-bond donors (Lipinski definition) is 1. The van der Waals surface area contributed by atoms with Gasteiger partial charge in [0.05, 0.1) is 30.4 Å². The van der Waals surface area contributed by atoms with Crippen LogP contribution in [0, 0.1) is 13.8 Å². The van der Waals surface area contributed by atoms with Crippen LogP contribution in [0.15, 0.2) is 4.52 Å². The summed E-state index contributed by atoms with van der Waals surface area (Å²) >= 11 is 0. The Labute approximate surface area is 182 Å². The predicted octanol–water partition coefficient (Wildman–Crippen LogP) is 2.32. The van der Waals surface area contributed by atoms with E-state index in [0.29, 0.717) is 31.2 Å². The zero-order chi connectivity index (χ0) is 22.1. The van der Waals surface area contributed by atoms with E-state index in [1.165, 1.54) is 0 Å². The van der Waals surface area contributed by atoms with E-state index in [1.807, 2.05) is 25.8 Å². The van der Waals surface area contributed by atoms with Gasteiger partial charge in [-0.25, -0.2) is 9.97 Å². The molecule has 9 heteroatoms. The number of carbonyl (C=O) groups is 2. The third kappa shape index (κ3) is 4.13. The van der Waals surface area contributed by atoms with E-state index in [9.17, 15) is 9.59 Å². The number of anilines is 1. The van der Waals surface area contributed by atoms with Gasteiger partial charge in [0.15, 0.2) is 5.82 Å². The molecular weight excluding hydrogens is 396 g/mol. The molecule has 0 bridgehead atoms. The highest BCUT2D eigenvalue weighted by atomic mass is 16.5. The molecule has 0 aromatic carbocycles. The van der Waals surface area contributed by atoms with Crippen molar-refractivity contribution >= 4 is 17.6 Å². The normalized spacial score (nSPS) is 18.6. The monoisotopic (exact) mass is 426 g/mol. The summed E-state index contributed by atoms with van der Waals surface area (Å²) in [6, 6.07) is -0.174. The molecule has 1 fully saturated rings. The third-order valence-corrected chi connectivity index (χ3v) is 6.39. The fourth-order valence-electron chi connectivity index (χ4n) is 4.58. The number of rotatable bonds is 4. The molecule has 0 radical (unpaired) electrons. The molecule has 31 heavy (non-hydrogen) atoms. The van der Waals surface area contributed by atoms with E-state index in [0.717, 1.165) is 54.0 Å². The first-order valence-electron chi connectivity index (χ1n) is 10.9. The lowest BCUT2D eigenvalue weighted by atomic mass is 9.98. The maximum Gasteiger partial charge on any atom is 0.227 e. The Balaban J connectivity index is 1.64. The number of nitrogens with one attached hydrogen (secondary N) is 1. The van der Waals surface area contributed by atoms with Crippen LogP contribution >= 0.6 is 0 Å². The van der Waals surface area contributed by atoms with Crippen molar-refractivity contribution in [3.63, 3.8) is 0 Å².